The summed E-state index contributed by atoms with van der Waals surface area (Å²) in [5.74, 6) is -2.91. The van der Waals surface area contributed by atoms with Gasteiger partial charge in [0.25, 0.3) is 0 Å². The summed E-state index contributed by atoms with van der Waals surface area (Å²) in [6.07, 6.45) is 1.87. The maximum Gasteiger partial charge on any atom is 0.161 e. The number of pyridine rings is 1. The Kier molecular flexibility index (Phi) is 3.51. The van der Waals surface area contributed by atoms with E-state index in [0.29, 0.717) is 35.5 Å². The minimum absolute atomic E-state index is 0.0656. The first kappa shape index (κ1) is 15.4. The lowest BCUT2D eigenvalue weighted by atomic mass is 9.86. The summed E-state index contributed by atoms with van der Waals surface area (Å²) in [5.41, 5.74) is 7.71. The molecule has 4 rings (SSSR count). The number of fused-ring (bicyclic) bond motifs is 3. The zero-order chi connectivity index (χ0) is 17.0. The van der Waals surface area contributed by atoms with Crippen LogP contribution in [-0.2, 0) is 13.0 Å². The average molecular weight is 353 g/mol. The van der Waals surface area contributed by atoms with Crippen LogP contribution in [0.3, 0.4) is 0 Å². The van der Waals surface area contributed by atoms with E-state index in [9.17, 15) is 13.2 Å². The van der Waals surface area contributed by atoms with Crippen molar-refractivity contribution in [3.05, 3.63) is 58.4 Å². The van der Waals surface area contributed by atoms with E-state index in [0.717, 1.165) is 11.6 Å². The van der Waals surface area contributed by atoms with Gasteiger partial charge in [-0.15, -0.1) is 0 Å². The van der Waals surface area contributed by atoms with Crippen LogP contribution < -0.4 is 5.73 Å². The van der Waals surface area contributed by atoms with E-state index >= 15 is 0 Å². The average Bonchev–Trinajstić information content (AvgIpc) is 2.87. The predicted octanol–water partition coefficient (Wildman–Crippen LogP) is 3.17. The third-order valence-electron chi connectivity index (χ3n) is 4.43. The molecule has 0 amide bonds. The molecular formula is C16H12ClF3N4. The van der Waals surface area contributed by atoms with E-state index < -0.39 is 29.4 Å². The largest absolute Gasteiger partial charge is 0.326 e. The van der Waals surface area contributed by atoms with Crippen molar-refractivity contribution in [3.8, 4) is 0 Å². The van der Waals surface area contributed by atoms with Crippen LogP contribution in [0.4, 0.5) is 13.2 Å². The number of benzene rings is 1. The van der Waals surface area contributed by atoms with Crippen LogP contribution >= 0.6 is 11.6 Å². The number of hydrogen-bond donors (Lipinski definition) is 1. The van der Waals surface area contributed by atoms with Crippen LogP contribution in [0.2, 0.25) is 5.15 Å². The summed E-state index contributed by atoms with van der Waals surface area (Å²) >= 11 is 5.92. The first-order valence-corrected chi connectivity index (χ1v) is 7.72. The van der Waals surface area contributed by atoms with Crippen LogP contribution in [0.25, 0.3) is 11.0 Å². The molecule has 124 valence electrons. The highest BCUT2D eigenvalue weighted by Crippen LogP contribution is 2.33. The van der Waals surface area contributed by atoms with Gasteiger partial charge in [-0.1, -0.05) is 11.6 Å². The van der Waals surface area contributed by atoms with E-state index in [4.69, 9.17) is 17.3 Å². The Bertz CT molecular complexity index is 956. The van der Waals surface area contributed by atoms with Crippen molar-refractivity contribution in [2.24, 2.45) is 5.73 Å². The molecule has 2 aromatic heterocycles. The van der Waals surface area contributed by atoms with Crippen molar-refractivity contribution in [2.75, 3.05) is 0 Å². The molecule has 8 heteroatoms. The van der Waals surface area contributed by atoms with E-state index in [-0.39, 0.29) is 5.56 Å². The molecule has 3 aromatic rings. The number of rotatable bonds is 1. The summed E-state index contributed by atoms with van der Waals surface area (Å²) in [7, 11) is 0. The van der Waals surface area contributed by atoms with Gasteiger partial charge in [-0.25, -0.2) is 23.1 Å². The number of halogens is 4. The zero-order valence-electron chi connectivity index (χ0n) is 12.3. The monoisotopic (exact) mass is 352 g/mol. The molecule has 0 radical (unpaired) electrons. The molecule has 2 atom stereocenters. The van der Waals surface area contributed by atoms with Crippen molar-refractivity contribution in [3.63, 3.8) is 0 Å². The van der Waals surface area contributed by atoms with Gasteiger partial charge in [-0.2, -0.15) is 0 Å². The summed E-state index contributed by atoms with van der Waals surface area (Å²) in [6, 6.07) is 2.66. The molecule has 1 aliphatic rings. The molecule has 0 fully saturated rings. The van der Waals surface area contributed by atoms with Gasteiger partial charge in [-0.05, 0) is 11.6 Å². The third kappa shape index (κ3) is 2.35. The quantitative estimate of drug-likeness (QED) is 0.540. The molecule has 3 heterocycles. The zero-order valence-corrected chi connectivity index (χ0v) is 13.1. The minimum Gasteiger partial charge on any atom is -0.326 e. The Morgan fingerprint density at radius 1 is 1.12 bits per heavy atom. The fourth-order valence-electron chi connectivity index (χ4n) is 3.26. The van der Waals surface area contributed by atoms with Crippen LogP contribution in [-0.4, -0.2) is 20.6 Å². The van der Waals surface area contributed by atoms with Gasteiger partial charge in [0.1, 0.15) is 22.3 Å². The Morgan fingerprint density at radius 2 is 1.88 bits per heavy atom. The SMILES string of the molecule is N[C@H]1Cn2c(nc3cnc(Cl)cc32)C[C@@H]1c1cc(F)c(F)cc1F. The van der Waals surface area contributed by atoms with E-state index in [1.807, 2.05) is 4.57 Å². The van der Waals surface area contributed by atoms with Crippen molar-refractivity contribution < 1.29 is 13.2 Å². The fraction of sp³-hybridized carbons (Fsp3) is 0.250. The van der Waals surface area contributed by atoms with Crippen molar-refractivity contribution >= 4 is 22.6 Å². The van der Waals surface area contributed by atoms with Crippen molar-refractivity contribution in [2.45, 2.75) is 24.9 Å². The lowest BCUT2D eigenvalue weighted by molar-refractivity contribution is 0.392. The Hall–Kier alpha value is -2.12. The molecule has 0 saturated carbocycles. The molecule has 0 aliphatic carbocycles. The molecular weight excluding hydrogens is 341 g/mol. The Labute approximate surface area is 140 Å². The topological polar surface area (TPSA) is 56.7 Å². The molecule has 0 spiro atoms. The fourth-order valence-corrected chi connectivity index (χ4v) is 3.41. The molecule has 0 unspecified atom stereocenters. The van der Waals surface area contributed by atoms with E-state index in [1.54, 1.807) is 12.3 Å². The van der Waals surface area contributed by atoms with Gasteiger partial charge in [-0.3, -0.25) is 0 Å². The molecule has 4 nitrogen and oxygen atoms in total. The van der Waals surface area contributed by atoms with Gasteiger partial charge in [0.2, 0.25) is 0 Å². The van der Waals surface area contributed by atoms with Crippen molar-refractivity contribution in [1.82, 2.24) is 14.5 Å². The highest BCUT2D eigenvalue weighted by molar-refractivity contribution is 6.29. The van der Waals surface area contributed by atoms with Crippen LogP contribution in [0.15, 0.2) is 24.4 Å². The second-order valence-electron chi connectivity index (χ2n) is 5.90. The smallest absolute Gasteiger partial charge is 0.161 e. The molecule has 0 bridgehead atoms. The maximum absolute atomic E-state index is 14.1. The van der Waals surface area contributed by atoms with Crippen LogP contribution in [0.1, 0.15) is 17.3 Å². The summed E-state index contributed by atoms with van der Waals surface area (Å²) < 4.78 is 42.7. The van der Waals surface area contributed by atoms with E-state index in [1.165, 1.54) is 0 Å². The highest BCUT2D eigenvalue weighted by atomic mass is 35.5. The summed E-state index contributed by atoms with van der Waals surface area (Å²) in [4.78, 5) is 8.46. The maximum atomic E-state index is 14.1. The number of hydrogen-bond acceptors (Lipinski definition) is 3. The second-order valence-corrected chi connectivity index (χ2v) is 6.28. The van der Waals surface area contributed by atoms with Gasteiger partial charge < -0.3 is 10.3 Å². The lowest BCUT2D eigenvalue weighted by Crippen LogP contribution is -2.39. The molecule has 24 heavy (non-hydrogen) atoms. The standard InChI is InChI=1S/C16H12ClF3N4/c17-15-4-14-13(5-22-15)23-16-2-8(12(21)6-24(14)16)7-1-10(19)11(20)3-9(7)18/h1,3-5,8,12H,2,6,21H2/t8-,12+/m1/s1. The summed E-state index contributed by atoms with van der Waals surface area (Å²) in [5, 5.41) is 0.340. The number of nitrogens with two attached hydrogens (primary N) is 1. The Morgan fingerprint density at radius 3 is 2.67 bits per heavy atom. The molecule has 0 saturated heterocycles. The molecule has 1 aliphatic heterocycles. The van der Waals surface area contributed by atoms with Crippen LogP contribution in [0, 0.1) is 17.5 Å². The molecule has 1 aromatic carbocycles. The third-order valence-corrected chi connectivity index (χ3v) is 4.64. The Balaban J connectivity index is 1.80. The van der Waals surface area contributed by atoms with Crippen molar-refractivity contribution in [1.29, 1.82) is 0 Å². The number of imidazole rings is 1. The highest BCUT2D eigenvalue weighted by Gasteiger charge is 2.32. The van der Waals surface area contributed by atoms with Gasteiger partial charge in [0.15, 0.2) is 11.6 Å². The molecule has 2 N–H and O–H groups in total. The van der Waals surface area contributed by atoms with Crippen LogP contribution in [0.5, 0.6) is 0 Å². The first-order chi connectivity index (χ1) is 11.4. The number of aromatic nitrogens is 3. The van der Waals surface area contributed by atoms with E-state index in [2.05, 4.69) is 9.97 Å². The second kappa shape index (κ2) is 5.46. The number of nitrogens with zero attached hydrogens (tertiary/aromatic N) is 3. The minimum atomic E-state index is -1.21. The normalized spacial score (nSPS) is 20.4. The van der Waals surface area contributed by atoms with Gasteiger partial charge in [0.05, 0.1) is 11.7 Å². The van der Waals surface area contributed by atoms with Gasteiger partial charge in [0, 0.05) is 37.1 Å². The summed E-state index contributed by atoms with van der Waals surface area (Å²) in [6.45, 7) is 0.370. The predicted molar refractivity (Wildman–Crippen MR) is 83.3 cm³/mol. The van der Waals surface area contributed by atoms with Gasteiger partial charge >= 0.3 is 0 Å². The lowest BCUT2D eigenvalue weighted by Gasteiger charge is -2.30. The first-order valence-electron chi connectivity index (χ1n) is 7.34.